The normalized spacial score (nSPS) is 32.3. The molecule has 0 saturated carbocycles. The molecule has 86 valence electrons. The average Bonchev–Trinajstić information content (AvgIpc) is 2.58. The first kappa shape index (κ1) is 10.9. The third kappa shape index (κ3) is 3.18. The Hall–Kier alpha value is -0.610. The summed E-state index contributed by atoms with van der Waals surface area (Å²) in [7, 11) is 0. The summed E-state index contributed by atoms with van der Waals surface area (Å²) in [5.74, 6) is -0.0904. The lowest BCUT2D eigenvalue weighted by atomic mass is 10.1. The summed E-state index contributed by atoms with van der Waals surface area (Å²) in [6, 6.07) is -0.0897. The molecule has 15 heavy (non-hydrogen) atoms. The molecule has 2 saturated heterocycles. The second-order valence-electron chi connectivity index (χ2n) is 4.28. The van der Waals surface area contributed by atoms with Gasteiger partial charge in [0.05, 0.1) is 13.2 Å². The molecule has 0 aliphatic carbocycles. The first-order valence-corrected chi connectivity index (χ1v) is 5.88. The molecule has 2 fully saturated rings. The Morgan fingerprint density at radius 3 is 3.00 bits per heavy atom. The molecule has 0 bridgehead atoms. The lowest BCUT2D eigenvalue weighted by Crippen LogP contribution is -2.39. The molecule has 2 unspecified atom stereocenters. The minimum atomic E-state index is -0.0904. The van der Waals surface area contributed by atoms with Crippen LogP contribution in [0.15, 0.2) is 0 Å². The van der Waals surface area contributed by atoms with Gasteiger partial charge in [-0.05, 0) is 19.4 Å². The van der Waals surface area contributed by atoms with Gasteiger partial charge < -0.3 is 14.8 Å². The fraction of sp³-hybridized carbons (Fsp3) is 0.909. The summed E-state index contributed by atoms with van der Waals surface area (Å²) in [5.41, 5.74) is 0. The molecule has 2 heterocycles. The van der Waals surface area contributed by atoms with Crippen molar-refractivity contribution in [3.8, 4) is 0 Å². The van der Waals surface area contributed by atoms with E-state index >= 15 is 0 Å². The van der Waals surface area contributed by atoms with Crippen LogP contribution in [0.1, 0.15) is 32.1 Å². The van der Waals surface area contributed by atoms with E-state index in [-0.39, 0.29) is 18.1 Å². The van der Waals surface area contributed by atoms with E-state index in [0.29, 0.717) is 6.61 Å². The highest BCUT2D eigenvalue weighted by Gasteiger charge is 2.26. The van der Waals surface area contributed by atoms with E-state index in [1.165, 1.54) is 6.42 Å². The topological polar surface area (TPSA) is 47.6 Å². The predicted molar refractivity (Wildman–Crippen MR) is 55.6 cm³/mol. The summed E-state index contributed by atoms with van der Waals surface area (Å²) in [6.45, 7) is 2.22. The van der Waals surface area contributed by atoms with E-state index in [0.717, 1.165) is 38.8 Å². The molecule has 1 N–H and O–H groups in total. The molecule has 0 aromatic heterocycles. The minimum Gasteiger partial charge on any atom is -0.459 e. The zero-order valence-electron chi connectivity index (χ0n) is 9.04. The van der Waals surface area contributed by atoms with Crippen LogP contribution >= 0.6 is 0 Å². The fourth-order valence-electron chi connectivity index (χ4n) is 2.08. The van der Waals surface area contributed by atoms with Gasteiger partial charge in [-0.1, -0.05) is 12.8 Å². The molecular formula is C11H19NO3. The number of nitrogens with one attached hydrogen (secondary N) is 1. The van der Waals surface area contributed by atoms with Gasteiger partial charge in [0.1, 0.15) is 12.1 Å². The van der Waals surface area contributed by atoms with Crippen molar-refractivity contribution >= 4 is 5.97 Å². The Kier molecular flexibility index (Phi) is 3.97. The SMILES string of the molecule is O=C(OC1CCOC1)C1CCCCCN1. The van der Waals surface area contributed by atoms with Crippen LogP contribution in [0.4, 0.5) is 0 Å². The molecule has 0 amide bonds. The van der Waals surface area contributed by atoms with E-state index in [1.807, 2.05) is 0 Å². The van der Waals surface area contributed by atoms with Crippen molar-refractivity contribution in [3.05, 3.63) is 0 Å². The number of carbonyl (C=O) groups is 1. The van der Waals surface area contributed by atoms with Gasteiger partial charge in [-0.25, -0.2) is 0 Å². The van der Waals surface area contributed by atoms with Gasteiger partial charge in [-0.2, -0.15) is 0 Å². The number of hydrogen-bond donors (Lipinski definition) is 1. The third-order valence-corrected chi connectivity index (χ3v) is 3.02. The van der Waals surface area contributed by atoms with Crippen molar-refractivity contribution in [3.63, 3.8) is 0 Å². The van der Waals surface area contributed by atoms with Crippen LogP contribution in [0, 0.1) is 0 Å². The van der Waals surface area contributed by atoms with Gasteiger partial charge in [-0.3, -0.25) is 4.79 Å². The van der Waals surface area contributed by atoms with Crippen LogP contribution < -0.4 is 5.32 Å². The molecule has 0 aromatic rings. The molecule has 2 atom stereocenters. The summed E-state index contributed by atoms with van der Waals surface area (Å²) >= 11 is 0. The van der Waals surface area contributed by atoms with E-state index in [2.05, 4.69) is 5.32 Å². The average molecular weight is 213 g/mol. The van der Waals surface area contributed by atoms with Crippen molar-refractivity contribution < 1.29 is 14.3 Å². The van der Waals surface area contributed by atoms with Gasteiger partial charge in [-0.15, -0.1) is 0 Å². The molecular weight excluding hydrogens is 194 g/mol. The van der Waals surface area contributed by atoms with Crippen molar-refractivity contribution in [1.82, 2.24) is 5.32 Å². The maximum absolute atomic E-state index is 11.8. The Labute approximate surface area is 90.3 Å². The van der Waals surface area contributed by atoms with Gasteiger partial charge in [0.25, 0.3) is 0 Å². The van der Waals surface area contributed by atoms with Crippen LogP contribution in [-0.4, -0.2) is 37.9 Å². The molecule has 2 aliphatic rings. The first-order valence-electron chi connectivity index (χ1n) is 5.88. The Morgan fingerprint density at radius 1 is 1.27 bits per heavy atom. The zero-order valence-corrected chi connectivity index (χ0v) is 9.04. The molecule has 0 radical (unpaired) electrons. The molecule has 4 nitrogen and oxygen atoms in total. The van der Waals surface area contributed by atoms with Gasteiger partial charge in [0.2, 0.25) is 0 Å². The van der Waals surface area contributed by atoms with Gasteiger partial charge >= 0.3 is 5.97 Å². The molecule has 0 aromatic carbocycles. The van der Waals surface area contributed by atoms with Gasteiger partial charge in [0.15, 0.2) is 0 Å². The fourth-order valence-corrected chi connectivity index (χ4v) is 2.08. The summed E-state index contributed by atoms with van der Waals surface area (Å²) in [4.78, 5) is 11.8. The van der Waals surface area contributed by atoms with Crippen molar-refractivity contribution in [1.29, 1.82) is 0 Å². The van der Waals surface area contributed by atoms with Crippen LogP contribution in [0.5, 0.6) is 0 Å². The van der Waals surface area contributed by atoms with E-state index in [9.17, 15) is 4.79 Å². The summed E-state index contributed by atoms with van der Waals surface area (Å²) in [5, 5.41) is 3.24. The highest BCUT2D eigenvalue weighted by atomic mass is 16.6. The maximum atomic E-state index is 11.8. The second kappa shape index (κ2) is 5.47. The zero-order chi connectivity index (χ0) is 10.5. The van der Waals surface area contributed by atoms with E-state index in [4.69, 9.17) is 9.47 Å². The standard InChI is InChI=1S/C11H19NO3/c13-11(15-9-5-7-14-8-9)10-4-2-1-3-6-12-10/h9-10,12H,1-8H2. The molecule has 4 heteroatoms. The minimum absolute atomic E-state index is 0.0115. The number of ether oxygens (including phenoxy) is 2. The monoisotopic (exact) mass is 213 g/mol. The van der Waals surface area contributed by atoms with Crippen molar-refractivity contribution in [2.75, 3.05) is 19.8 Å². The molecule has 2 aliphatic heterocycles. The lowest BCUT2D eigenvalue weighted by Gasteiger charge is -2.17. The number of hydrogen-bond acceptors (Lipinski definition) is 4. The highest BCUT2D eigenvalue weighted by molar-refractivity contribution is 5.76. The largest absolute Gasteiger partial charge is 0.459 e. The van der Waals surface area contributed by atoms with Crippen molar-refractivity contribution in [2.45, 2.75) is 44.2 Å². The highest BCUT2D eigenvalue weighted by Crippen LogP contribution is 2.13. The van der Waals surface area contributed by atoms with Crippen LogP contribution in [-0.2, 0) is 14.3 Å². The number of rotatable bonds is 2. The summed E-state index contributed by atoms with van der Waals surface area (Å²) in [6.07, 6.45) is 5.24. The third-order valence-electron chi connectivity index (χ3n) is 3.02. The lowest BCUT2D eigenvalue weighted by molar-refractivity contribution is -0.151. The number of esters is 1. The van der Waals surface area contributed by atoms with E-state index < -0.39 is 0 Å². The van der Waals surface area contributed by atoms with Crippen LogP contribution in [0.25, 0.3) is 0 Å². The van der Waals surface area contributed by atoms with Crippen LogP contribution in [0.3, 0.4) is 0 Å². The Balaban J connectivity index is 1.77. The Bertz CT molecular complexity index is 206. The Morgan fingerprint density at radius 2 is 2.20 bits per heavy atom. The smallest absolute Gasteiger partial charge is 0.323 e. The molecule has 2 rings (SSSR count). The molecule has 0 spiro atoms. The number of carbonyl (C=O) groups excluding carboxylic acids is 1. The van der Waals surface area contributed by atoms with E-state index in [1.54, 1.807) is 0 Å². The maximum Gasteiger partial charge on any atom is 0.323 e. The quantitative estimate of drug-likeness (QED) is 0.691. The first-order chi connectivity index (χ1) is 7.36. The summed E-state index contributed by atoms with van der Waals surface area (Å²) < 4.78 is 10.6. The van der Waals surface area contributed by atoms with Crippen LogP contribution in [0.2, 0.25) is 0 Å². The van der Waals surface area contributed by atoms with Gasteiger partial charge in [0, 0.05) is 6.42 Å². The second-order valence-corrected chi connectivity index (χ2v) is 4.28. The van der Waals surface area contributed by atoms with Crippen molar-refractivity contribution in [2.24, 2.45) is 0 Å². The predicted octanol–water partition coefficient (Wildman–Crippen LogP) is 0.851.